The van der Waals surface area contributed by atoms with Crippen LogP contribution in [0.2, 0.25) is 0 Å². The van der Waals surface area contributed by atoms with Gasteiger partial charge in [-0.05, 0) is 37.1 Å². The van der Waals surface area contributed by atoms with E-state index in [2.05, 4.69) is 0 Å². The average Bonchev–Trinajstić information content (AvgIpc) is 3.03. The highest BCUT2D eigenvalue weighted by Crippen LogP contribution is 2.32. The average molecular weight is 308 g/mol. The van der Waals surface area contributed by atoms with Gasteiger partial charge in [0.05, 0.1) is 5.75 Å². The summed E-state index contributed by atoms with van der Waals surface area (Å²) in [5.41, 5.74) is 0. The van der Waals surface area contributed by atoms with Gasteiger partial charge in [0.2, 0.25) is 10.0 Å². The van der Waals surface area contributed by atoms with Gasteiger partial charge in [-0.2, -0.15) is 4.31 Å². The number of halogens is 1. The maximum atomic E-state index is 12.3. The summed E-state index contributed by atoms with van der Waals surface area (Å²) in [7, 11) is -3.13. The predicted molar refractivity (Wildman–Crippen MR) is 76.6 cm³/mol. The van der Waals surface area contributed by atoms with Crippen LogP contribution in [0, 0.1) is 0 Å². The first kappa shape index (κ1) is 14.3. The topological polar surface area (TPSA) is 37.4 Å². The van der Waals surface area contributed by atoms with Gasteiger partial charge < -0.3 is 0 Å². The molecule has 0 aliphatic heterocycles. The number of nitrogens with zero attached hydrogens (tertiary/aromatic N) is 1. The Morgan fingerprint density at radius 1 is 1.39 bits per heavy atom. The summed E-state index contributed by atoms with van der Waals surface area (Å²) >= 11 is 7.21. The fourth-order valence-corrected chi connectivity index (χ4v) is 4.65. The second-order valence-electron chi connectivity index (χ2n) is 4.57. The zero-order valence-corrected chi connectivity index (χ0v) is 12.6. The molecule has 0 atom stereocenters. The molecule has 18 heavy (non-hydrogen) atoms. The van der Waals surface area contributed by atoms with E-state index in [0.717, 1.165) is 24.1 Å². The minimum absolute atomic E-state index is 0.224. The van der Waals surface area contributed by atoms with Crippen molar-refractivity contribution in [3.63, 3.8) is 0 Å². The van der Waals surface area contributed by atoms with Gasteiger partial charge in [-0.15, -0.1) is 22.9 Å². The van der Waals surface area contributed by atoms with Crippen molar-refractivity contribution in [2.45, 2.75) is 38.3 Å². The number of thiophene rings is 1. The third kappa shape index (κ3) is 3.95. The van der Waals surface area contributed by atoms with Crippen molar-refractivity contribution in [2.24, 2.45) is 0 Å². The number of unbranched alkanes of at least 4 members (excludes halogenated alkanes) is 1. The molecule has 0 radical (unpaired) electrons. The van der Waals surface area contributed by atoms with E-state index in [0.29, 0.717) is 18.8 Å². The smallest absolute Gasteiger partial charge is 0.212 e. The van der Waals surface area contributed by atoms with E-state index >= 15 is 0 Å². The predicted octanol–water partition coefficient (Wildman–Crippen LogP) is 3.06. The zero-order chi connectivity index (χ0) is 13.0. The Labute approximate surface area is 118 Å². The number of sulfonamides is 1. The van der Waals surface area contributed by atoms with E-state index < -0.39 is 10.0 Å². The van der Waals surface area contributed by atoms with E-state index in [1.807, 2.05) is 17.5 Å². The molecule has 1 aromatic rings. The summed E-state index contributed by atoms with van der Waals surface area (Å²) < 4.78 is 26.3. The van der Waals surface area contributed by atoms with Crippen LogP contribution in [0.4, 0.5) is 0 Å². The molecule has 1 aliphatic rings. The minimum atomic E-state index is -3.13. The summed E-state index contributed by atoms with van der Waals surface area (Å²) in [6.07, 6.45) is 3.41. The molecule has 0 aromatic carbocycles. The fourth-order valence-electron chi connectivity index (χ4n) is 1.87. The van der Waals surface area contributed by atoms with Crippen LogP contribution < -0.4 is 0 Å². The molecule has 1 fully saturated rings. The molecular weight excluding hydrogens is 290 g/mol. The second-order valence-corrected chi connectivity index (χ2v) is 8.02. The van der Waals surface area contributed by atoms with Gasteiger partial charge in [0.1, 0.15) is 0 Å². The fraction of sp³-hybridized carbons (Fsp3) is 0.667. The van der Waals surface area contributed by atoms with Crippen molar-refractivity contribution in [2.75, 3.05) is 11.6 Å². The van der Waals surface area contributed by atoms with Gasteiger partial charge in [-0.1, -0.05) is 6.07 Å². The Balaban J connectivity index is 2.00. The molecule has 1 aliphatic carbocycles. The molecule has 2 rings (SSSR count). The van der Waals surface area contributed by atoms with Crippen LogP contribution in [0.15, 0.2) is 17.5 Å². The molecule has 0 bridgehead atoms. The maximum Gasteiger partial charge on any atom is 0.214 e. The first-order valence-corrected chi connectivity index (χ1v) is 9.23. The number of hydrogen-bond donors (Lipinski definition) is 0. The second kappa shape index (κ2) is 6.37. The molecule has 1 heterocycles. The molecule has 1 saturated carbocycles. The van der Waals surface area contributed by atoms with Crippen molar-refractivity contribution in [3.8, 4) is 0 Å². The van der Waals surface area contributed by atoms with Crippen LogP contribution in [0.1, 0.15) is 30.6 Å². The Morgan fingerprint density at radius 2 is 2.17 bits per heavy atom. The monoisotopic (exact) mass is 307 g/mol. The van der Waals surface area contributed by atoms with E-state index in [4.69, 9.17) is 11.6 Å². The zero-order valence-electron chi connectivity index (χ0n) is 10.2. The van der Waals surface area contributed by atoms with Gasteiger partial charge >= 0.3 is 0 Å². The Hall–Kier alpha value is -0.100. The van der Waals surface area contributed by atoms with Crippen LogP contribution >= 0.6 is 22.9 Å². The first-order chi connectivity index (χ1) is 8.63. The summed E-state index contributed by atoms with van der Waals surface area (Å²) in [6.45, 7) is 0.533. The van der Waals surface area contributed by atoms with Crippen LogP contribution in [-0.2, 0) is 16.6 Å². The van der Waals surface area contributed by atoms with E-state index in [-0.39, 0.29) is 11.8 Å². The Morgan fingerprint density at radius 3 is 2.72 bits per heavy atom. The number of hydrogen-bond acceptors (Lipinski definition) is 3. The molecule has 6 heteroatoms. The van der Waals surface area contributed by atoms with E-state index in [1.54, 1.807) is 15.6 Å². The van der Waals surface area contributed by atoms with Crippen molar-refractivity contribution >= 4 is 33.0 Å². The summed E-state index contributed by atoms with van der Waals surface area (Å²) in [6, 6.07) is 4.19. The molecule has 0 spiro atoms. The van der Waals surface area contributed by atoms with E-state index in [1.165, 1.54) is 0 Å². The molecule has 3 nitrogen and oxygen atoms in total. The van der Waals surface area contributed by atoms with Crippen LogP contribution in [0.25, 0.3) is 0 Å². The highest BCUT2D eigenvalue weighted by molar-refractivity contribution is 7.89. The van der Waals surface area contributed by atoms with Gasteiger partial charge in [0.25, 0.3) is 0 Å². The normalized spacial score (nSPS) is 16.3. The van der Waals surface area contributed by atoms with Crippen molar-refractivity contribution < 1.29 is 8.42 Å². The molecule has 0 N–H and O–H groups in total. The third-order valence-electron chi connectivity index (χ3n) is 2.99. The minimum Gasteiger partial charge on any atom is -0.212 e. The molecule has 0 amide bonds. The lowest BCUT2D eigenvalue weighted by Gasteiger charge is -2.21. The lowest BCUT2D eigenvalue weighted by molar-refractivity contribution is 0.400. The van der Waals surface area contributed by atoms with Crippen LogP contribution in [-0.4, -0.2) is 30.4 Å². The maximum absolute atomic E-state index is 12.3. The first-order valence-electron chi connectivity index (χ1n) is 6.21. The van der Waals surface area contributed by atoms with Crippen molar-refractivity contribution in [1.29, 1.82) is 0 Å². The Kier molecular flexibility index (Phi) is 5.06. The SMILES string of the molecule is O=S(=O)(CCCCCl)N(Cc1cccs1)C1CC1. The highest BCUT2D eigenvalue weighted by Gasteiger charge is 2.36. The molecule has 0 saturated heterocycles. The largest absolute Gasteiger partial charge is 0.214 e. The third-order valence-corrected chi connectivity index (χ3v) is 6.06. The summed E-state index contributed by atoms with van der Waals surface area (Å²) in [5, 5.41) is 1.99. The molecular formula is C12H18ClNO2S2. The molecule has 102 valence electrons. The standard InChI is InChI=1S/C12H18ClNO2S2/c13-7-1-2-9-18(15,16)14(11-5-6-11)10-12-4-3-8-17-12/h3-4,8,11H,1-2,5-7,9-10H2. The lowest BCUT2D eigenvalue weighted by Crippen LogP contribution is -2.34. The van der Waals surface area contributed by atoms with Gasteiger partial charge in [0.15, 0.2) is 0 Å². The number of rotatable bonds is 8. The van der Waals surface area contributed by atoms with E-state index in [9.17, 15) is 8.42 Å². The van der Waals surface area contributed by atoms with Crippen LogP contribution in [0.5, 0.6) is 0 Å². The van der Waals surface area contributed by atoms with Crippen molar-refractivity contribution in [1.82, 2.24) is 4.31 Å². The van der Waals surface area contributed by atoms with Gasteiger partial charge in [-0.3, -0.25) is 0 Å². The molecule has 1 aromatic heterocycles. The quantitative estimate of drug-likeness (QED) is 0.547. The Bertz CT molecular complexity index is 454. The number of alkyl halides is 1. The molecule has 0 unspecified atom stereocenters. The van der Waals surface area contributed by atoms with Gasteiger partial charge in [0, 0.05) is 23.3 Å². The van der Waals surface area contributed by atoms with Crippen LogP contribution in [0.3, 0.4) is 0 Å². The lowest BCUT2D eigenvalue weighted by atomic mass is 10.4. The highest BCUT2D eigenvalue weighted by atomic mass is 35.5. The van der Waals surface area contributed by atoms with Gasteiger partial charge in [-0.25, -0.2) is 8.42 Å². The summed E-state index contributed by atoms with van der Waals surface area (Å²) in [4.78, 5) is 1.11. The summed E-state index contributed by atoms with van der Waals surface area (Å²) in [5.74, 6) is 0.755. The van der Waals surface area contributed by atoms with Crippen molar-refractivity contribution in [3.05, 3.63) is 22.4 Å².